The van der Waals surface area contributed by atoms with Gasteiger partial charge in [0.05, 0.1) is 7.85 Å². The van der Waals surface area contributed by atoms with Gasteiger partial charge in [-0.05, 0) is 18.5 Å². The van der Waals surface area contributed by atoms with Crippen LogP contribution in [-0.2, 0) is 0 Å². The number of hydrogen-bond donors (Lipinski definition) is 2. The molecule has 3 unspecified atom stereocenters. The summed E-state index contributed by atoms with van der Waals surface area (Å²) in [5.74, 6) is 0.398. The van der Waals surface area contributed by atoms with E-state index >= 15 is 0 Å². The normalized spacial score (nSPS) is 41.6. The fourth-order valence-corrected chi connectivity index (χ4v) is 2.04. The Balaban J connectivity index is 2.27. The molecule has 0 aromatic rings. The van der Waals surface area contributed by atoms with Crippen LogP contribution in [0.25, 0.3) is 0 Å². The van der Waals surface area contributed by atoms with Crippen molar-refractivity contribution >= 4 is 16.7 Å². The zero-order chi connectivity index (χ0) is 7.56. The lowest BCUT2D eigenvalue weighted by Crippen LogP contribution is -2.06. The molecule has 0 heterocycles. The smallest absolute Gasteiger partial charge is 0.0734 e. The SMILES string of the molecule is [B]C1C[C@H](CPO)CC1O. The topological polar surface area (TPSA) is 40.5 Å². The van der Waals surface area contributed by atoms with E-state index < -0.39 is 0 Å². The maximum atomic E-state index is 9.19. The molecule has 2 nitrogen and oxygen atoms in total. The summed E-state index contributed by atoms with van der Waals surface area (Å²) in [5, 5.41) is 9.19. The molecule has 4 atom stereocenters. The third-order valence-electron chi connectivity index (χ3n) is 2.05. The van der Waals surface area contributed by atoms with Crippen molar-refractivity contribution in [2.24, 2.45) is 5.92 Å². The molecule has 0 spiro atoms. The second-order valence-corrected chi connectivity index (χ2v) is 3.66. The van der Waals surface area contributed by atoms with Crippen molar-refractivity contribution in [1.29, 1.82) is 0 Å². The quantitative estimate of drug-likeness (QED) is 0.448. The lowest BCUT2D eigenvalue weighted by molar-refractivity contribution is 0.179. The summed E-state index contributed by atoms with van der Waals surface area (Å²) < 4.78 is 0. The average molecular weight is 158 g/mol. The predicted octanol–water partition coefficient (Wildman–Crippen LogP) is 0.300. The van der Waals surface area contributed by atoms with E-state index in [9.17, 15) is 5.11 Å². The molecule has 0 bridgehead atoms. The molecule has 56 valence electrons. The van der Waals surface area contributed by atoms with Crippen LogP contribution in [0, 0.1) is 5.92 Å². The first kappa shape index (κ1) is 8.51. The van der Waals surface area contributed by atoms with E-state index in [4.69, 9.17) is 12.7 Å². The number of aliphatic hydroxyl groups is 1. The van der Waals surface area contributed by atoms with Crippen LogP contribution in [0.1, 0.15) is 12.8 Å². The molecule has 0 aromatic carbocycles. The van der Waals surface area contributed by atoms with Gasteiger partial charge >= 0.3 is 0 Å². The van der Waals surface area contributed by atoms with Gasteiger partial charge in [0.2, 0.25) is 0 Å². The molecule has 1 fully saturated rings. The fourth-order valence-electron chi connectivity index (χ4n) is 1.45. The molecule has 1 aliphatic carbocycles. The van der Waals surface area contributed by atoms with Crippen molar-refractivity contribution in [3.05, 3.63) is 0 Å². The maximum absolute atomic E-state index is 9.19. The van der Waals surface area contributed by atoms with Crippen LogP contribution in [0.3, 0.4) is 0 Å². The summed E-state index contributed by atoms with van der Waals surface area (Å²) in [5.41, 5.74) is 0. The standard InChI is InChI=1S/C6H12BO2P/c7-5-1-4(3-10-9)2-6(5)8/h4-6,8-10H,1-3H2/t4-,5?,6?/m0/s1. The minimum Gasteiger partial charge on any atom is -0.394 e. The maximum Gasteiger partial charge on any atom is 0.0734 e. The first-order valence-electron chi connectivity index (χ1n) is 3.54. The van der Waals surface area contributed by atoms with E-state index in [-0.39, 0.29) is 20.7 Å². The number of aliphatic hydroxyl groups excluding tert-OH is 1. The van der Waals surface area contributed by atoms with Crippen molar-refractivity contribution < 1.29 is 10.00 Å². The minimum atomic E-state index is -0.332. The van der Waals surface area contributed by atoms with Crippen LogP contribution in [0.2, 0.25) is 5.82 Å². The van der Waals surface area contributed by atoms with Crippen LogP contribution < -0.4 is 0 Å². The van der Waals surface area contributed by atoms with Crippen molar-refractivity contribution in [3.8, 4) is 0 Å². The van der Waals surface area contributed by atoms with Gasteiger partial charge in [0.25, 0.3) is 0 Å². The Bertz CT molecular complexity index is 102. The van der Waals surface area contributed by atoms with Gasteiger partial charge in [0.15, 0.2) is 0 Å². The molecule has 0 aliphatic heterocycles. The summed E-state index contributed by atoms with van der Waals surface area (Å²) in [6.45, 7) is 0. The van der Waals surface area contributed by atoms with Gasteiger partial charge < -0.3 is 10.00 Å². The number of rotatable bonds is 2. The molecule has 1 rings (SSSR count). The summed E-state index contributed by atoms with van der Waals surface area (Å²) in [7, 11) is 5.57. The molecular weight excluding hydrogens is 146 g/mol. The van der Waals surface area contributed by atoms with E-state index in [2.05, 4.69) is 0 Å². The lowest BCUT2D eigenvalue weighted by Gasteiger charge is -2.04. The Kier molecular flexibility index (Phi) is 3.15. The zero-order valence-corrected chi connectivity index (χ0v) is 6.83. The zero-order valence-electron chi connectivity index (χ0n) is 5.83. The van der Waals surface area contributed by atoms with E-state index in [1.807, 2.05) is 0 Å². The first-order valence-corrected chi connectivity index (χ1v) is 4.70. The van der Waals surface area contributed by atoms with Crippen LogP contribution in [0.15, 0.2) is 0 Å². The van der Waals surface area contributed by atoms with E-state index in [1.54, 1.807) is 0 Å². The third kappa shape index (κ3) is 1.95. The molecule has 1 saturated carbocycles. The highest BCUT2D eigenvalue weighted by molar-refractivity contribution is 7.31. The van der Waals surface area contributed by atoms with Gasteiger partial charge in [-0.15, -0.1) is 0 Å². The lowest BCUT2D eigenvalue weighted by atomic mass is 9.84. The first-order chi connectivity index (χ1) is 4.74. The van der Waals surface area contributed by atoms with Gasteiger partial charge in [-0.1, -0.05) is 12.2 Å². The van der Waals surface area contributed by atoms with Crippen LogP contribution in [-0.4, -0.2) is 30.1 Å². The van der Waals surface area contributed by atoms with Gasteiger partial charge in [0, 0.05) is 14.9 Å². The van der Waals surface area contributed by atoms with Gasteiger partial charge in [0.1, 0.15) is 0 Å². The van der Waals surface area contributed by atoms with Crippen molar-refractivity contribution in [2.75, 3.05) is 6.16 Å². The summed E-state index contributed by atoms with van der Waals surface area (Å²) in [6.07, 6.45) is 2.12. The van der Waals surface area contributed by atoms with Gasteiger partial charge in [-0.3, -0.25) is 0 Å². The highest BCUT2D eigenvalue weighted by Crippen LogP contribution is 2.35. The second-order valence-electron chi connectivity index (χ2n) is 2.93. The molecule has 0 saturated heterocycles. The van der Waals surface area contributed by atoms with Gasteiger partial charge in [-0.2, -0.15) is 0 Å². The molecule has 2 radical (unpaired) electrons. The van der Waals surface area contributed by atoms with E-state index in [1.165, 1.54) is 0 Å². The Morgan fingerprint density at radius 1 is 1.50 bits per heavy atom. The summed E-state index contributed by atoms with van der Waals surface area (Å²) in [6, 6.07) is 0. The van der Waals surface area contributed by atoms with E-state index in [0.717, 1.165) is 19.0 Å². The summed E-state index contributed by atoms with van der Waals surface area (Å²) in [4.78, 5) is 8.60. The third-order valence-corrected chi connectivity index (χ3v) is 2.81. The minimum absolute atomic E-state index is 0.00444. The van der Waals surface area contributed by atoms with E-state index in [0.29, 0.717) is 5.92 Å². The molecule has 10 heavy (non-hydrogen) atoms. The van der Waals surface area contributed by atoms with Crippen LogP contribution >= 0.6 is 8.81 Å². The van der Waals surface area contributed by atoms with Crippen molar-refractivity contribution in [3.63, 3.8) is 0 Å². The Morgan fingerprint density at radius 3 is 2.60 bits per heavy atom. The molecule has 4 heteroatoms. The highest BCUT2D eigenvalue weighted by atomic mass is 31.1. The second kappa shape index (κ2) is 3.70. The Hall–Kier alpha value is 0.415. The molecule has 0 aromatic heterocycles. The van der Waals surface area contributed by atoms with Crippen LogP contribution in [0.4, 0.5) is 0 Å². The monoisotopic (exact) mass is 158 g/mol. The van der Waals surface area contributed by atoms with Crippen LogP contribution in [0.5, 0.6) is 0 Å². The summed E-state index contributed by atoms with van der Waals surface area (Å²) >= 11 is 0. The molecular formula is C6H12BO2P. The molecule has 1 aliphatic rings. The fraction of sp³-hybridized carbons (Fsp3) is 1.00. The highest BCUT2D eigenvalue weighted by Gasteiger charge is 2.28. The Labute approximate surface area is 64.3 Å². The molecule has 0 amide bonds. The average Bonchev–Trinajstić information content (AvgIpc) is 2.14. The van der Waals surface area contributed by atoms with Crippen molar-refractivity contribution in [2.45, 2.75) is 24.8 Å². The van der Waals surface area contributed by atoms with Crippen molar-refractivity contribution in [1.82, 2.24) is 0 Å². The predicted molar refractivity (Wildman–Crippen MR) is 43.6 cm³/mol. The number of hydrogen-bond acceptors (Lipinski definition) is 2. The Morgan fingerprint density at radius 2 is 2.20 bits per heavy atom. The van der Waals surface area contributed by atoms with Gasteiger partial charge in [-0.25, -0.2) is 0 Å². The molecule has 2 N–H and O–H groups in total. The largest absolute Gasteiger partial charge is 0.394 e.